The average molecular weight is 249 g/mol. The summed E-state index contributed by atoms with van der Waals surface area (Å²) in [6, 6.07) is 3.35. The summed E-state index contributed by atoms with van der Waals surface area (Å²) in [4.78, 5) is 20.5. The van der Waals surface area contributed by atoms with Crippen LogP contribution in [0.4, 0.5) is 0 Å². The molecule has 0 fully saturated rings. The highest BCUT2D eigenvalue weighted by atomic mass is 32.2. The van der Waals surface area contributed by atoms with Crippen LogP contribution < -0.4 is 5.56 Å². The Morgan fingerprint density at radius 3 is 2.82 bits per heavy atom. The van der Waals surface area contributed by atoms with Gasteiger partial charge in [0.05, 0.1) is 0 Å². The van der Waals surface area contributed by atoms with E-state index in [9.17, 15) is 4.79 Å². The van der Waals surface area contributed by atoms with E-state index < -0.39 is 0 Å². The van der Waals surface area contributed by atoms with Gasteiger partial charge in [0, 0.05) is 24.2 Å². The zero-order valence-corrected chi connectivity index (χ0v) is 11.0. The molecule has 0 aliphatic carbocycles. The van der Waals surface area contributed by atoms with Crippen LogP contribution in [0.5, 0.6) is 0 Å². The highest BCUT2D eigenvalue weighted by molar-refractivity contribution is 7.98. The van der Waals surface area contributed by atoms with Crippen molar-refractivity contribution in [2.24, 2.45) is 5.92 Å². The quantitative estimate of drug-likeness (QED) is 0.618. The summed E-state index contributed by atoms with van der Waals surface area (Å²) in [6.07, 6.45) is 3.69. The largest absolute Gasteiger partial charge is 0.292 e. The molecule has 0 aromatic carbocycles. The fourth-order valence-electron chi connectivity index (χ4n) is 1.70. The molecule has 17 heavy (non-hydrogen) atoms. The molecule has 0 saturated heterocycles. The van der Waals surface area contributed by atoms with E-state index in [1.807, 2.05) is 6.26 Å². The minimum Gasteiger partial charge on any atom is -0.292 e. The fraction of sp³-hybridized carbons (Fsp3) is 0.417. The van der Waals surface area contributed by atoms with Crippen molar-refractivity contribution < 1.29 is 0 Å². The Balaban J connectivity index is 2.68. The van der Waals surface area contributed by atoms with Crippen molar-refractivity contribution in [1.29, 1.82) is 0 Å². The van der Waals surface area contributed by atoms with Gasteiger partial charge in [-0.3, -0.25) is 9.36 Å². The lowest BCUT2D eigenvalue weighted by atomic mass is 10.2. The molecule has 0 spiro atoms. The van der Waals surface area contributed by atoms with E-state index in [-0.39, 0.29) is 5.56 Å². The summed E-state index contributed by atoms with van der Waals surface area (Å²) in [5.74, 6) is 0.408. The van der Waals surface area contributed by atoms with Gasteiger partial charge in [0.2, 0.25) is 0 Å². The first-order valence-electron chi connectivity index (χ1n) is 5.52. The van der Waals surface area contributed by atoms with Gasteiger partial charge in [-0.2, -0.15) is 0 Å². The number of aromatic nitrogens is 3. The third kappa shape index (κ3) is 2.49. The van der Waals surface area contributed by atoms with Gasteiger partial charge in [0.1, 0.15) is 5.65 Å². The van der Waals surface area contributed by atoms with Gasteiger partial charge in [-0.25, -0.2) is 9.97 Å². The molecule has 90 valence electrons. The molecule has 4 nitrogen and oxygen atoms in total. The molecule has 2 rings (SSSR count). The maximum Gasteiger partial charge on any atom is 0.252 e. The molecule has 0 aliphatic heterocycles. The highest BCUT2D eigenvalue weighted by Crippen LogP contribution is 2.14. The first-order chi connectivity index (χ1) is 8.11. The van der Waals surface area contributed by atoms with E-state index in [0.29, 0.717) is 17.6 Å². The topological polar surface area (TPSA) is 47.8 Å². The third-order valence-corrected chi connectivity index (χ3v) is 2.99. The van der Waals surface area contributed by atoms with Gasteiger partial charge in [-0.1, -0.05) is 25.6 Å². The predicted molar refractivity (Wildman–Crippen MR) is 70.4 cm³/mol. The summed E-state index contributed by atoms with van der Waals surface area (Å²) < 4.78 is 1.72. The van der Waals surface area contributed by atoms with Gasteiger partial charge in [-0.15, -0.1) is 0 Å². The number of hydrogen-bond acceptors (Lipinski definition) is 4. The zero-order valence-electron chi connectivity index (χ0n) is 10.2. The van der Waals surface area contributed by atoms with Crippen LogP contribution in [-0.2, 0) is 6.54 Å². The number of hydrogen-bond donors (Lipinski definition) is 0. The van der Waals surface area contributed by atoms with Crippen LogP contribution in [0.2, 0.25) is 0 Å². The second kappa shape index (κ2) is 4.87. The molecule has 0 N–H and O–H groups in total. The molecule has 2 aromatic rings. The van der Waals surface area contributed by atoms with Crippen LogP contribution >= 0.6 is 11.8 Å². The number of fused-ring (bicyclic) bond motifs is 1. The molecule has 5 heteroatoms. The smallest absolute Gasteiger partial charge is 0.252 e. The minimum atomic E-state index is -0.00282. The molecular formula is C12H15N3OS. The molecule has 0 bridgehead atoms. The van der Waals surface area contributed by atoms with Crippen LogP contribution in [-0.4, -0.2) is 20.8 Å². The van der Waals surface area contributed by atoms with Crippen molar-refractivity contribution in [3.8, 4) is 0 Å². The van der Waals surface area contributed by atoms with Crippen LogP contribution in [0.1, 0.15) is 13.8 Å². The molecule has 0 unspecified atom stereocenters. The number of rotatable bonds is 3. The zero-order chi connectivity index (χ0) is 12.4. The maximum atomic E-state index is 11.9. The molecule has 2 aromatic heterocycles. The summed E-state index contributed by atoms with van der Waals surface area (Å²) in [6.45, 7) is 4.85. The number of pyridine rings is 1. The second-order valence-electron chi connectivity index (χ2n) is 4.31. The van der Waals surface area contributed by atoms with E-state index in [4.69, 9.17) is 0 Å². The monoisotopic (exact) mass is 249 g/mol. The Morgan fingerprint density at radius 1 is 1.41 bits per heavy atom. The lowest BCUT2D eigenvalue weighted by molar-refractivity contribution is 0.520. The summed E-state index contributed by atoms with van der Waals surface area (Å²) >= 11 is 1.48. The third-order valence-electron chi connectivity index (χ3n) is 2.43. The first kappa shape index (κ1) is 12.1. The highest BCUT2D eigenvalue weighted by Gasteiger charge is 2.07. The molecular weight excluding hydrogens is 234 g/mol. The van der Waals surface area contributed by atoms with Gasteiger partial charge >= 0.3 is 0 Å². The molecule has 0 radical (unpaired) electrons. The number of thioether (sulfide) groups is 1. The lowest BCUT2D eigenvalue weighted by Gasteiger charge is -2.11. The van der Waals surface area contributed by atoms with Crippen molar-refractivity contribution in [3.05, 3.63) is 28.7 Å². The van der Waals surface area contributed by atoms with Gasteiger partial charge < -0.3 is 0 Å². The second-order valence-corrected chi connectivity index (χ2v) is 5.09. The van der Waals surface area contributed by atoms with E-state index in [0.717, 1.165) is 11.0 Å². The SMILES string of the molecule is CSc1ncc2ccc(=O)n(CC(C)C)c2n1. The Bertz CT molecular complexity index is 592. The maximum absolute atomic E-state index is 11.9. The predicted octanol–water partition coefficient (Wildman–Crippen LogP) is 2.17. The molecule has 0 amide bonds. The van der Waals surface area contributed by atoms with Gasteiger partial charge in [0.15, 0.2) is 5.16 Å². The lowest BCUT2D eigenvalue weighted by Crippen LogP contribution is -2.22. The molecule has 0 atom stereocenters. The Labute approximate surface area is 104 Å². The summed E-state index contributed by atoms with van der Waals surface area (Å²) in [5, 5.41) is 1.60. The summed E-state index contributed by atoms with van der Waals surface area (Å²) in [7, 11) is 0. The van der Waals surface area contributed by atoms with Gasteiger partial charge in [0.25, 0.3) is 5.56 Å². The van der Waals surface area contributed by atoms with Crippen molar-refractivity contribution in [2.75, 3.05) is 6.26 Å². The van der Waals surface area contributed by atoms with E-state index in [1.165, 1.54) is 11.8 Å². The van der Waals surface area contributed by atoms with Gasteiger partial charge in [-0.05, 0) is 18.2 Å². The van der Waals surface area contributed by atoms with E-state index in [2.05, 4.69) is 23.8 Å². The van der Waals surface area contributed by atoms with E-state index in [1.54, 1.807) is 22.9 Å². The van der Waals surface area contributed by atoms with Crippen molar-refractivity contribution in [2.45, 2.75) is 25.5 Å². The first-order valence-corrected chi connectivity index (χ1v) is 6.75. The number of nitrogens with zero attached hydrogens (tertiary/aromatic N) is 3. The standard InChI is InChI=1S/C12H15N3OS/c1-8(2)7-15-10(16)5-4-9-6-13-12(17-3)14-11(9)15/h4-6,8H,7H2,1-3H3. The summed E-state index contributed by atoms with van der Waals surface area (Å²) in [5.41, 5.74) is 0.725. The van der Waals surface area contributed by atoms with Crippen LogP contribution in [0.15, 0.2) is 28.3 Å². The van der Waals surface area contributed by atoms with Crippen LogP contribution in [0, 0.1) is 5.92 Å². The van der Waals surface area contributed by atoms with Crippen LogP contribution in [0.3, 0.4) is 0 Å². The molecule has 2 heterocycles. The molecule has 0 aliphatic rings. The van der Waals surface area contributed by atoms with E-state index >= 15 is 0 Å². The Morgan fingerprint density at radius 2 is 2.18 bits per heavy atom. The Kier molecular flexibility index (Phi) is 3.47. The molecule has 0 saturated carbocycles. The van der Waals surface area contributed by atoms with Crippen molar-refractivity contribution in [1.82, 2.24) is 14.5 Å². The fourth-order valence-corrected chi connectivity index (χ4v) is 2.03. The normalized spacial score (nSPS) is 11.3. The van der Waals surface area contributed by atoms with Crippen LogP contribution in [0.25, 0.3) is 11.0 Å². The average Bonchev–Trinajstić information content (AvgIpc) is 2.32. The minimum absolute atomic E-state index is 0.00282. The Hall–Kier alpha value is -1.36. The van der Waals surface area contributed by atoms with Crippen molar-refractivity contribution in [3.63, 3.8) is 0 Å². The van der Waals surface area contributed by atoms with Crippen molar-refractivity contribution >= 4 is 22.8 Å².